The highest BCUT2D eigenvalue weighted by atomic mass is 16.5. The van der Waals surface area contributed by atoms with E-state index in [0.717, 1.165) is 29.4 Å². The van der Waals surface area contributed by atoms with Crippen molar-refractivity contribution in [1.82, 2.24) is 5.32 Å². The van der Waals surface area contributed by atoms with Gasteiger partial charge in [0.15, 0.2) is 0 Å². The van der Waals surface area contributed by atoms with Gasteiger partial charge in [-0.2, -0.15) is 0 Å². The van der Waals surface area contributed by atoms with E-state index in [0.29, 0.717) is 6.04 Å². The lowest BCUT2D eigenvalue weighted by Crippen LogP contribution is -2.21. The van der Waals surface area contributed by atoms with E-state index in [9.17, 15) is 0 Å². The summed E-state index contributed by atoms with van der Waals surface area (Å²) in [6.07, 6.45) is 0.193. The number of furan rings is 1. The van der Waals surface area contributed by atoms with Crippen LogP contribution in [0.25, 0.3) is 11.3 Å². The van der Waals surface area contributed by atoms with Crippen LogP contribution in [-0.4, -0.2) is 12.1 Å². The SMILES string of the molecule is CC(C)NCc1ccc(-c2ccc(OC(C)C)cc2)o1. The Morgan fingerprint density at radius 3 is 2.30 bits per heavy atom. The number of nitrogens with one attached hydrogen (secondary N) is 1. The molecule has 3 heteroatoms. The number of hydrogen-bond donors (Lipinski definition) is 1. The van der Waals surface area contributed by atoms with Gasteiger partial charge in [-0.25, -0.2) is 0 Å². The average molecular weight is 273 g/mol. The van der Waals surface area contributed by atoms with Crippen molar-refractivity contribution in [3.8, 4) is 17.1 Å². The molecule has 108 valence electrons. The minimum atomic E-state index is 0.193. The normalized spacial score (nSPS) is 11.3. The quantitative estimate of drug-likeness (QED) is 0.855. The van der Waals surface area contributed by atoms with Crippen molar-refractivity contribution in [3.05, 3.63) is 42.2 Å². The molecule has 0 fully saturated rings. The lowest BCUT2D eigenvalue weighted by Gasteiger charge is -2.09. The maximum atomic E-state index is 5.84. The summed E-state index contributed by atoms with van der Waals surface area (Å²) in [6, 6.07) is 12.5. The molecule has 0 atom stereocenters. The highest BCUT2D eigenvalue weighted by Crippen LogP contribution is 2.25. The number of benzene rings is 1. The second-order valence-electron chi connectivity index (χ2n) is 5.49. The smallest absolute Gasteiger partial charge is 0.134 e. The summed E-state index contributed by atoms with van der Waals surface area (Å²) in [6.45, 7) is 9.05. The van der Waals surface area contributed by atoms with Crippen LogP contribution in [-0.2, 0) is 6.54 Å². The highest BCUT2D eigenvalue weighted by Gasteiger charge is 2.06. The largest absolute Gasteiger partial charge is 0.491 e. The minimum Gasteiger partial charge on any atom is -0.491 e. The van der Waals surface area contributed by atoms with Gasteiger partial charge in [-0.3, -0.25) is 0 Å². The summed E-state index contributed by atoms with van der Waals surface area (Å²) in [5.74, 6) is 2.73. The standard InChI is InChI=1S/C17H23NO2/c1-12(2)18-11-16-9-10-17(20-16)14-5-7-15(8-6-14)19-13(3)4/h5-10,12-13,18H,11H2,1-4H3. The van der Waals surface area contributed by atoms with E-state index >= 15 is 0 Å². The molecule has 20 heavy (non-hydrogen) atoms. The van der Waals surface area contributed by atoms with Crippen molar-refractivity contribution in [3.63, 3.8) is 0 Å². The Morgan fingerprint density at radius 1 is 1.00 bits per heavy atom. The Morgan fingerprint density at radius 2 is 1.70 bits per heavy atom. The third kappa shape index (κ3) is 4.14. The fraction of sp³-hybridized carbons (Fsp3) is 0.412. The molecule has 0 spiro atoms. The van der Waals surface area contributed by atoms with Crippen molar-refractivity contribution < 1.29 is 9.15 Å². The van der Waals surface area contributed by atoms with Crippen LogP contribution >= 0.6 is 0 Å². The predicted molar refractivity (Wildman–Crippen MR) is 81.9 cm³/mol. The maximum absolute atomic E-state index is 5.84. The molecule has 1 heterocycles. The molecule has 0 saturated heterocycles. The first-order chi connectivity index (χ1) is 9.54. The molecule has 2 aromatic rings. The summed E-state index contributed by atoms with van der Waals surface area (Å²) in [7, 11) is 0. The van der Waals surface area contributed by atoms with Crippen LogP contribution in [0.3, 0.4) is 0 Å². The molecule has 2 rings (SSSR count). The van der Waals surface area contributed by atoms with Gasteiger partial charge in [-0.15, -0.1) is 0 Å². The van der Waals surface area contributed by atoms with Crippen LogP contribution in [0.4, 0.5) is 0 Å². The van der Waals surface area contributed by atoms with Gasteiger partial charge >= 0.3 is 0 Å². The number of hydrogen-bond acceptors (Lipinski definition) is 3. The zero-order valence-corrected chi connectivity index (χ0v) is 12.6. The van der Waals surface area contributed by atoms with E-state index < -0.39 is 0 Å². The van der Waals surface area contributed by atoms with Gasteiger partial charge in [-0.1, -0.05) is 13.8 Å². The molecule has 3 nitrogen and oxygen atoms in total. The van der Waals surface area contributed by atoms with Crippen molar-refractivity contribution in [2.45, 2.75) is 46.4 Å². The lowest BCUT2D eigenvalue weighted by atomic mass is 10.2. The van der Waals surface area contributed by atoms with E-state index in [1.165, 1.54) is 0 Å². The predicted octanol–water partition coefficient (Wildman–Crippen LogP) is 4.23. The molecule has 0 radical (unpaired) electrons. The summed E-state index contributed by atoms with van der Waals surface area (Å²) < 4.78 is 11.5. The molecular weight excluding hydrogens is 250 g/mol. The van der Waals surface area contributed by atoms with Crippen LogP contribution in [0.15, 0.2) is 40.8 Å². The fourth-order valence-electron chi connectivity index (χ4n) is 1.90. The van der Waals surface area contributed by atoms with E-state index in [1.807, 2.05) is 50.2 Å². The van der Waals surface area contributed by atoms with E-state index in [1.54, 1.807) is 0 Å². The molecule has 0 amide bonds. The molecule has 1 aromatic heterocycles. The lowest BCUT2D eigenvalue weighted by molar-refractivity contribution is 0.242. The molecule has 0 aliphatic carbocycles. The molecule has 0 bridgehead atoms. The molecule has 0 saturated carbocycles. The van der Waals surface area contributed by atoms with E-state index in [4.69, 9.17) is 9.15 Å². The Balaban J connectivity index is 2.04. The second-order valence-corrected chi connectivity index (χ2v) is 5.49. The summed E-state index contributed by atoms with van der Waals surface area (Å²) >= 11 is 0. The number of rotatable bonds is 6. The Bertz CT molecular complexity index is 526. The topological polar surface area (TPSA) is 34.4 Å². The zero-order chi connectivity index (χ0) is 14.5. The van der Waals surface area contributed by atoms with Gasteiger partial charge in [0.05, 0.1) is 12.6 Å². The first-order valence-corrected chi connectivity index (χ1v) is 7.14. The van der Waals surface area contributed by atoms with Gasteiger partial charge in [0.25, 0.3) is 0 Å². The molecule has 0 aliphatic rings. The van der Waals surface area contributed by atoms with Crippen LogP contribution in [0.2, 0.25) is 0 Å². The van der Waals surface area contributed by atoms with Crippen LogP contribution in [0.5, 0.6) is 5.75 Å². The summed E-state index contributed by atoms with van der Waals surface area (Å²) in [4.78, 5) is 0. The summed E-state index contributed by atoms with van der Waals surface area (Å²) in [5, 5.41) is 3.34. The Kier molecular flexibility index (Phi) is 4.85. The average Bonchev–Trinajstić information content (AvgIpc) is 2.85. The van der Waals surface area contributed by atoms with Crippen LogP contribution < -0.4 is 10.1 Å². The Labute approximate surface area is 121 Å². The fourth-order valence-corrected chi connectivity index (χ4v) is 1.90. The van der Waals surface area contributed by atoms with E-state index in [-0.39, 0.29) is 6.10 Å². The van der Waals surface area contributed by atoms with Gasteiger partial charge < -0.3 is 14.5 Å². The van der Waals surface area contributed by atoms with E-state index in [2.05, 4.69) is 19.2 Å². The van der Waals surface area contributed by atoms with Crippen LogP contribution in [0.1, 0.15) is 33.5 Å². The molecule has 0 aliphatic heterocycles. The van der Waals surface area contributed by atoms with Gasteiger partial charge in [0.1, 0.15) is 17.3 Å². The van der Waals surface area contributed by atoms with Gasteiger partial charge in [0.2, 0.25) is 0 Å². The monoisotopic (exact) mass is 273 g/mol. The van der Waals surface area contributed by atoms with Gasteiger partial charge in [-0.05, 0) is 50.2 Å². The second kappa shape index (κ2) is 6.62. The first kappa shape index (κ1) is 14.7. The third-order valence-corrected chi connectivity index (χ3v) is 2.86. The first-order valence-electron chi connectivity index (χ1n) is 7.14. The Hall–Kier alpha value is -1.74. The zero-order valence-electron chi connectivity index (χ0n) is 12.6. The molecule has 0 unspecified atom stereocenters. The van der Waals surface area contributed by atoms with Crippen molar-refractivity contribution in [2.75, 3.05) is 0 Å². The minimum absolute atomic E-state index is 0.193. The molecule has 1 aromatic carbocycles. The summed E-state index contributed by atoms with van der Waals surface area (Å²) in [5.41, 5.74) is 1.07. The maximum Gasteiger partial charge on any atom is 0.134 e. The molecular formula is C17H23NO2. The van der Waals surface area contributed by atoms with Crippen molar-refractivity contribution >= 4 is 0 Å². The van der Waals surface area contributed by atoms with Crippen molar-refractivity contribution in [1.29, 1.82) is 0 Å². The number of ether oxygens (including phenoxy) is 1. The molecule has 1 N–H and O–H groups in total. The third-order valence-electron chi connectivity index (χ3n) is 2.86. The highest BCUT2D eigenvalue weighted by molar-refractivity contribution is 5.58. The van der Waals surface area contributed by atoms with Gasteiger partial charge in [0, 0.05) is 11.6 Å². The van der Waals surface area contributed by atoms with Crippen LogP contribution in [0, 0.1) is 0 Å². The van der Waals surface area contributed by atoms with Crippen molar-refractivity contribution in [2.24, 2.45) is 0 Å².